The van der Waals surface area contributed by atoms with Gasteiger partial charge in [0.1, 0.15) is 6.04 Å². The van der Waals surface area contributed by atoms with E-state index in [-0.39, 0.29) is 18.0 Å². The predicted octanol–water partition coefficient (Wildman–Crippen LogP) is 0.481. The van der Waals surface area contributed by atoms with Crippen LogP contribution in [0.2, 0.25) is 0 Å². The van der Waals surface area contributed by atoms with Crippen molar-refractivity contribution in [3.63, 3.8) is 0 Å². The molecule has 0 aliphatic carbocycles. The summed E-state index contributed by atoms with van der Waals surface area (Å²) in [7, 11) is 2.72. The second-order valence-corrected chi connectivity index (χ2v) is 3.12. The highest BCUT2D eigenvalue weighted by Crippen LogP contribution is 1.96. The van der Waals surface area contributed by atoms with Gasteiger partial charge in [-0.2, -0.15) is 0 Å². The standard InChI is InChI=1S/C10H19NO4/c1-4-8(10(13)15-3)11-7-5-6-9(12)14-2/h8,11H,4-7H2,1-3H3. The maximum atomic E-state index is 11.2. The zero-order valence-corrected chi connectivity index (χ0v) is 9.54. The number of ether oxygens (including phenoxy) is 2. The molecule has 0 saturated heterocycles. The van der Waals surface area contributed by atoms with Gasteiger partial charge in [-0.15, -0.1) is 0 Å². The Bertz CT molecular complexity index is 206. The van der Waals surface area contributed by atoms with E-state index in [9.17, 15) is 9.59 Å². The number of carbonyl (C=O) groups is 2. The molecule has 15 heavy (non-hydrogen) atoms. The fourth-order valence-electron chi connectivity index (χ4n) is 1.15. The molecule has 0 amide bonds. The molecule has 0 rings (SSSR count). The van der Waals surface area contributed by atoms with Gasteiger partial charge in [0.25, 0.3) is 0 Å². The van der Waals surface area contributed by atoms with Gasteiger partial charge in [0.15, 0.2) is 0 Å². The lowest BCUT2D eigenvalue weighted by atomic mass is 10.2. The summed E-state index contributed by atoms with van der Waals surface area (Å²) in [5, 5.41) is 3.02. The SMILES string of the molecule is CCC(NCCCC(=O)OC)C(=O)OC. The number of nitrogens with one attached hydrogen (secondary N) is 1. The maximum absolute atomic E-state index is 11.2. The van der Waals surface area contributed by atoms with Crippen molar-refractivity contribution in [2.75, 3.05) is 20.8 Å². The zero-order chi connectivity index (χ0) is 11.7. The summed E-state index contributed by atoms with van der Waals surface area (Å²) in [5.41, 5.74) is 0. The van der Waals surface area contributed by atoms with Crippen molar-refractivity contribution in [3.8, 4) is 0 Å². The lowest BCUT2D eigenvalue weighted by molar-refractivity contribution is -0.143. The molecule has 0 aromatic rings. The van der Waals surface area contributed by atoms with Gasteiger partial charge in [0, 0.05) is 6.42 Å². The van der Waals surface area contributed by atoms with Crippen molar-refractivity contribution in [3.05, 3.63) is 0 Å². The van der Waals surface area contributed by atoms with Gasteiger partial charge in [-0.05, 0) is 19.4 Å². The predicted molar refractivity (Wildman–Crippen MR) is 55.3 cm³/mol. The zero-order valence-electron chi connectivity index (χ0n) is 9.54. The van der Waals surface area contributed by atoms with Gasteiger partial charge in [-0.1, -0.05) is 6.92 Å². The fourth-order valence-corrected chi connectivity index (χ4v) is 1.15. The van der Waals surface area contributed by atoms with Crippen molar-refractivity contribution in [1.82, 2.24) is 5.32 Å². The molecule has 0 aromatic heterocycles. The van der Waals surface area contributed by atoms with E-state index >= 15 is 0 Å². The number of hydrogen-bond donors (Lipinski definition) is 1. The van der Waals surface area contributed by atoms with E-state index in [2.05, 4.69) is 14.8 Å². The smallest absolute Gasteiger partial charge is 0.322 e. The molecule has 1 N–H and O–H groups in total. The molecule has 0 aliphatic rings. The summed E-state index contributed by atoms with van der Waals surface area (Å²) < 4.78 is 9.10. The van der Waals surface area contributed by atoms with Crippen LogP contribution in [0.4, 0.5) is 0 Å². The van der Waals surface area contributed by atoms with Gasteiger partial charge < -0.3 is 14.8 Å². The molecule has 88 valence electrons. The van der Waals surface area contributed by atoms with Crippen LogP contribution in [-0.4, -0.2) is 38.7 Å². The quantitative estimate of drug-likeness (QED) is 0.496. The van der Waals surface area contributed by atoms with Crippen LogP contribution in [0, 0.1) is 0 Å². The number of methoxy groups -OCH3 is 2. The Hall–Kier alpha value is -1.10. The van der Waals surface area contributed by atoms with Gasteiger partial charge in [0.05, 0.1) is 14.2 Å². The molecule has 0 fully saturated rings. The van der Waals surface area contributed by atoms with Crippen LogP contribution in [0.5, 0.6) is 0 Å². The molecule has 0 aliphatic heterocycles. The highest BCUT2D eigenvalue weighted by atomic mass is 16.5. The Labute approximate surface area is 90.1 Å². The number of rotatable bonds is 7. The molecule has 0 aromatic carbocycles. The first-order chi connectivity index (χ1) is 7.15. The largest absolute Gasteiger partial charge is 0.469 e. The Kier molecular flexibility index (Phi) is 7.62. The molecule has 1 unspecified atom stereocenters. The summed E-state index contributed by atoms with van der Waals surface area (Å²) in [5.74, 6) is -0.501. The summed E-state index contributed by atoms with van der Waals surface area (Å²) >= 11 is 0. The molecule has 5 nitrogen and oxygen atoms in total. The lowest BCUT2D eigenvalue weighted by Gasteiger charge is -2.13. The van der Waals surface area contributed by atoms with Crippen LogP contribution in [0.3, 0.4) is 0 Å². The van der Waals surface area contributed by atoms with Crippen LogP contribution in [0.25, 0.3) is 0 Å². The van der Waals surface area contributed by atoms with Crippen molar-refractivity contribution in [2.45, 2.75) is 32.2 Å². The summed E-state index contributed by atoms with van der Waals surface area (Å²) in [6, 6.07) is -0.285. The molecule has 1 atom stereocenters. The first-order valence-electron chi connectivity index (χ1n) is 5.03. The monoisotopic (exact) mass is 217 g/mol. The third kappa shape index (κ3) is 6.06. The second kappa shape index (κ2) is 8.23. The molecular weight excluding hydrogens is 198 g/mol. The molecule has 0 heterocycles. The van der Waals surface area contributed by atoms with Gasteiger partial charge in [-0.3, -0.25) is 9.59 Å². The molecule has 0 spiro atoms. The first-order valence-corrected chi connectivity index (χ1v) is 5.03. The average Bonchev–Trinajstić information content (AvgIpc) is 2.27. The van der Waals surface area contributed by atoms with E-state index in [1.807, 2.05) is 6.92 Å². The molecule has 0 saturated carbocycles. The number of esters is 2. The third-order valence-electron chi connectivity index (χ3n) is 2.07. The van der Waals surface area contributed by atoms with Crippen LogP contribution in [0.1, 0.15) is 26.2 Å². The lowest BCUT2D eigenvalue weighted by Crippen LogP contribution is -2.37. The van der Waals surface area contributed by atoms with E-state index in [1.165, 1.54) is 14.2 Å². The topological polar surface area (TPSA) is 64.6 Å². The Morgan fingerprint density at radius 2 is 1.93 bits per heavy atom. The van der Waals surface area contributed by atoms with E-state index in [0.717, 1.165) is 0 Å². The van der Waals surface area contributed by atoms with Gasteiger partial charge in [0.2, 0.25) is 0 Å². The third-order valence-corrected chi connectivity index (χ3v) is 2.07. The van der Waals surface area contributed by atoms with E-state index in [1.54, 1.807) is 0 Å². The van der Waals surface area contributed by atoms with Crippen LogP contribution >= 0.6 is 0 Å². The van der Waals surface area contributed by atoms with E-state index in [0.29, 0.717) is 25.8 Å². The Morgan fingerprint density at radius 1 is 1.27 bits per heavy atom. The Balaban J connectivity index is 3.64. The van der Waals surface area contributed by atoms with Crippen LogP contribution in [0.15, 0.2) is 0 Å². The summed E-state index contributed by atoms with van der Waals surface area (Å²) in [6.07, 6.45) is 1.69. The minimum atomic E-state index is -0.285. The first kappa shape index (κ1) is 13.9. The molecule has 0 radical (unpaired) electrons. The van der Waals surface area contributed by atoms with Crippen molar-refractivity contribution >= 4 is 11.9 Å². The van der Waals surface area contributed by atoms with Crippen molar-refractivity contribution < 1.29 is 19.1 Å². The van der Waals surface area contributed by atoms with Crippen LogP contribution < -0.4 is 5.32 Å². The minimum Gasteiger partial charge on any atom is -0.469 e. The summed E-state index contributed by atoms with van der Waals surface area (Å²) in [4.78, 5) is 21.9. The highest BCUT2D eigenvalue weighted by Gasteiger charge is 2.15. The molecule has 5 heteroatoms. The van der Waals surface area contributed by atoms with E-state index < -0.39 is 0 Å². The summed E-state index contributed by atoms with van der Waals surface area (Å²) in [6.45, 7) is 2.50. The molecule has 0 bridgehead atoms. The minimum absolute atomic E-state index is 0.233. The van der Waals surface area contributed by atoms with Crippen molar-refractivity contribution in [2.24, 2.45) is 0 Å². The van der Waals surface area contributed by atoms with Crippen molar-refractivity contribution in [1.29, 1.82) is 0 Å². The van der Waals surface area contributed by atoms with Crippen LogP contribution in [-0.2, 0) is 19.1 Å². The van der Waals surface area contributed by atoms with Gasteiger partial charge >= 0.3 is 11.9 Å². The fraction of sp³-hybridized carbons (Fsp3) is 0.800. The van der Waals surface area contributed by atoms with Gasteiger partial charge in [-0.25, -0.2) is 0 Å². The maximum Gasteiger partial charge on any atom is 0.322 e. The number of hydrogen-bond acceptors (Lipinski definition) is 5. The number of carbonyl (C=O) groups excluding carboxylic acids is 2. The Morgan fingerprint density at radius 3 is 2.40 bits per heavy atom. The highest BCUT2D eigenvalue weighted by molar-refractivity contribution is 5.75. The molecular formula is C10H19NO4. The average molecular weight is 217 g/mol. The normalized spacial score (nSPS) is 11.9. The second-order valence-electron chi connectivity index (χ2n) is 3.12. The van der Waals surface area contributed by atoms with E-state index in [4.69, 9.17) is 0 Å².